The van der Waals surface area contributed by atoms with E-state index in [1.807, 2.05) is 72.8 Å². The van der Waals surface area contributed by atoms with Gasteiger partial charge in [-0.05, 0) is 54.5 Å². The normalized spacial score (nSPS) is 20.1. The third-order valence-corrected chi connectivity index (χ3v) is 7.45. The summed E-state index contributed by atoms with van der Waals surface area (Å²) >= 11 is 0. The van der Waals surface area contributed by atoms with Crippen molar-refractivity contribution in [1.82, 2.24) is 10.2 Å². The minimum atomic E-state index is -0.741. The topological polar surface area (TPSA) is 87.7 Å². The summed E-state index contributed by atoms with van der Waals surface area (Å²) in [6.45, 7) is 4.51. The van der Waals surface area contributed by atoms with Gasteiger partial charge in [-0.1, -0.05) is 86.1 Å². The van der Waals surface area contributed by atoms with Gasteiger partial charge in [-0.3, -0.25) is 9.69 Å². The lowest BCUT2D eigenvalue weighted by molar-refractivity contribution is -0.139. The molecule has 0 radical (unpaired) electrons. The van der Waals surface area contributed by atoms with E-state index in [4.69, 9.17) is 4.74 Å². The van der Waals surface area contributed by atoms with Crippen LogP contribution < -0.4 is 10.6 Å². The van der Waals surface area contributed by atoms with Crippen molar-refractivity contribution in [1.29, 1.82) is 0 Å². The van der Waals surface area contributed by atoms with E-state index >= 15 is 0 Å². The van der Waals surface area contributed by atoms with E-state index < -0.39 is 12.0 Å². The van der Waals surface area contributed by atoms with Crippen LogP contribution in [0.5, 0.6) is 0 Å². The van der Waals surface area contributed by atoms with Crippen molar-refractivity contribution in [3.8, 4) is 0 Å². The molecular formula is C33H35N3O4. The standard InChI is InChI=1S/C33H35N3O4/c1-3-5-19-36-30(23-15-10-7-11-16-23)28(32(38)40-4-2)29(35-33(36)39)24-17-12-18-25(20-24)34-31(37)27-21-26(27)22-13-8-6-9-14-22/h6-18,20,26-27,29H,3-5,19,21H2,1-2H3,(H,34,37)(H,35,39)/t26-,27?,29?/m0/s1. The maximum absolute atomic E-state index is 13.5. The van der Waals surface area contributed by atoms with Gasteiger partial charge in [0.15, 0.2) is 0 Å². The van der Waals surface area contributed by atoms with Crippen LogP contribution >= 0.6 is 0 Å². The zero-order chi connectivity index (χ0) is 28.1. The molecule has 3 aromatic carbocycles. The molecule has 2 N–H and O–H groups in total. The molecule has 7 heteroatoms. The van der Waals surface area contributed by atoms with E-state index in [9.17, 15) is 14.4 Å². The molecule has 1 heterocycles. The summed E-state index contributed by atoms with van der Waals surface area (Å²) in [7, 11) is 0. The highest BCUT2D eigenvalue weighted by Gasteiger charge is 2.44. The Hall–Kier alpha value is -4.39. The van der Waals surface area contributed by atoms with Gasteiger partial charge in [0.2, 0.25) is 5.91 Å². The zero-order valence-electron chi connectivity index (χ0n) is 22.9. The molecule has 0 bridgehead atoms. The predicted octanol–water partition coefficient (Wildman–Crippen LogP) is 6.27. The van der Waals surface area contributed by atoms with Gasteiger partial charge < -0.3 is 15.4 Å². The molecule has 1 aliphatic heterocycles. The number of ether oxygens (including phenoxy) is 1. The lowest BCUT2D eigenvalue weighted by atomic mass is 9.91. The number of esters is 1. The second-order valence-corrected chi connectivity index (χ2v) is 10.2. The van der Waals surface area contributed by atoms with Crippen molar-refractivity contribution in [2.24, 2.45) is 5.92 Å². The number of nitrogens with zero attached hydrogens (tertiary/aromatic N) is 1. The largest absolute Gasteiger partial charge is 0.463 e. The van der Waals surface area contributed by atoms with Gasteiger partial charge in [0.25, 0.3) is 0 Å². The maximum atomic E-state index is 13.5. The molecule has 40 heavy (non-hydrogen) atoms. The van der Waals surface area contributed by atoms with Crippen molar-refractivity contribution in [3.63, 3.8) is 0 Å². The van der Waals surface area contributed by atoms with Crippen molar-refractivity contribution in [2.45, 2.75) is 45.1 Å². The smallest absolute Gasteiger partial charge is 0.338 e. The first-order chi connectivity index (χ1) is 19.5. The quantitative estimate of drug-likeness (QED) is 0.299. The minimum absolute atomic E-state index is 0.0319. The fraction of sp³-hybridized carbons (Fsp3) is 0.303. The summed E-state index contributed by atoms with van der Waals surface area (Å²) < 4.78 is 5.52. The fourth-order valence-electron chi connectivity index (χ4n) is 5.35. The molecule has 7 nitrogen and oxygen atoms in total. The predicted molar refractivity (Wildman–Crippen MR) is 155 cm³/mol. The average molecular weight is 538 g/mol. The summed E-state index contributed by atoms with van der Waals surface area (Å²) in [5.74, 6) is -0.364. The Balaban J connectivity index is 1.48. The van der Waals surface area contributed by atoms with Crippen molar-refractivity contribution in [3.05, 3.63) is 107 Å². The fourth-order valence-corrected chi connectivity index (χ4v) is 5.35. The number of carbonyl (C=O) groups excluding carboxylic acids is 3. The van der Waals surface area contributed by atoms with Crippen LogP contribution in [0.3, 0.4) is 0 Å². The van der Waals surface area contributed by atoms with E-state index in [-0.39, 0.29) is 30.4 Å². The van der Waals surface area contributed by atoms with Crippen LogP contribution in [-0.2, 0) is 14.3 Å². The van der Waals surface area contributed by atoms with Gasteiger partial charge in [0.05, 0.1) is 23.9 Å². The number of urea groups is 1. The zero-order valence-corrected chi connectivity index (χ0v) is 22.9. The van der Waals surface area contributed by atoms with Gasteiger partial charge in [-0.2, -0.15) is 0 Å². The second kappa shape index (κ2) is 12.2. The van der Waals surface area contributed by atoms with Crippen LogP contribution in [0.2, 0.25) is 0 Å². The van der Waals surface area contributed by atoms with Gasteiger partial charge in [0, 0.05) is 18.2 Å². The molecule has 3 atom stereocenters. The van der Waals surface area contributed by atoms with Crippen LogP contribution in [0, 0.1) is 5.92 Å². The van der Waals surface area contributed by atoms with Crippen LogP contribution in [0.4, 0.5) is 10.5 Å². The van der Waals surface area contributed by atoms with Crippen molar-refractivity contribution in [2.75, 3.05) is 18.5 Å². The van der Waals surface area contributed by atoms with E-state index in [0.717, 1.165) is 24.8 Å². The Labute approximate surface area is 235 Å². The summed E-state index contributed by atoms with van der Waals surface area (Å²) in [5, 5.41) is 6.09. The number of amides is 3. The summed E-state index contributed by atoms with van der Waals surface area (Å²) in [6.07, 6.45) is 2.51. The minimum Gasteiger partial charge on any atom is -0.463 e. The molecular weight excluding hydrogens is 502 g/mol. The number of anilines is 1. The first-order valence-electron chi connectivity index (χ1n) is 14.0. The van der Waals surface area contributed by atoms with Crippen molar-refractivity contribution >= 4 is 29.3 Å². The van der Waals surface area contributed by atoms with Gasteiger partial charge in [0.1, 0.15) is 0 Å². The van der Waals surface area contributed by atoms with Gasteiger partial charge in [-0.25, -0.2) is 9.59 Å². The summed E-state index contributed by atoms with van der Waals surface area (Å²) in [6, 6.07) is 25.9. The highest BCUT2D eigenvalue weighted by atomic mass is 16.5. The first kappa shape index (κ1) is 27.2. The van der Waals surface area contributed by atoms with Gasteiger partial charge in [-0.15, -0.1) is 0 Å². The second-order valence-electron chi connectivity index (χ2n) is 10.2. The highest BCUT2D eigenvalue weighted by Crippen LogP contribution is 2.48. The number of nitrogens with one attached hydrogen (secondary N) is 2. The van der Waals surface area contributed by atoms with E-state index in [1.54, 1.807) is 11.8 Å². The van der Waals surface area contributed by atoms with Crippen LogP contribution in [-0.4, -0.2) is 36.0 Å². The number of benzene rings is 3. The molecule has 0 aromatic heterocycles. The molecule has 1 saturated carbocycles. The third-order valence-electron chi connectivity index (χ3n) is 7.45. The lowest BCUT2D eigenvalue weighted by Crippen LogP contribution is -2.48. The number of rotatable bonds is 10. The van der Waals surface area contributed by atoms with Gasteiger partial charge >= 0.3 is 12.0 Å². The molecule has 3 amide bonds. The molecule has 0 saturated heterocycles. The third kappa shape index (κ3) is 5.78. The maximum Gasteiger partial charge on any atom is 0.338 e. The lowest BCUT2D eigenvalue weighted by Gasteiger charge is -2.37. The molecule has 1 fully saturated rings. The Bertz CT molecular complexity index is 1400. The molecule has 2 unspecified atom stereocenters. The Morgan fingerprint density at radius 3 is 2.35 bits per heavy atom. The Morgan fingerprint density at radius 1 is 0.950 bits per heavy atom. The number of hydrogen-bond donors (Lipinski definition) is 2. The molecule has 2 aliphatic rings. The average Bonchev–Trinajstić information content (AvgIpc) is 3.79. The van der Waals surface area contributed by atoms with E-state index in [0.29, 0.717) is 29.1 Å². The number of carbonyl (C=O) groups is 3. The Morgan fingerprint density at radius 2 is 1.65 bits per heavy atom. The highest BCUT2D eigenvalue weighted by molar-refractivity contribution is 6.04. The monoisotopic (exact) mass is 537 g/mol. The Kier molecular flexibility index (Phi) is 8.29. The number of hydrogen-bond acceptors (Lipinski definition) is 4. The van der Waals surface area contributed by atoms with Crippen LogP contribution in [0.15, 0.2) is 90.5 Å². The van der Waals surface area contributed by atoms with E-state index in [2.05, 4.69) is 29.7 Å². The summed E-state index contributed by atoms with van der Waals surface area (Å²) in [4.78, 5) is 41.7. The van der Waals surface area contributed by atoms with Crippen molar-refractivity contribution < 1.29 is 19.1 Å². The molecule has 206 valence electrons. The summed E-state index contributed by atoms with van der Waals surface area (Å²) in [5.41, 5.74) is 4.18. The molecule has 0 spiro atoms. The SMILES string of the molecule is CCCCN1C(=O)NC(c2cccc(NC(=O)C3C[C@H]3c3ccccc3)c2)C(C(=O)OCC)=C1c1ccccc1. The van der Waals surface area contributed by atoms with Crippen LogP contribution in [0.1, 0.15) is 61.8 Å². The van der Waals surface area contributed by atoms with E-state index in [1.165, 1.54) is 5.56 Å². The molecule has 3 aromatic rings. The number of unbranched alkanes of at least 4 members (excludes halogenated alkanes) is 1. The van der Waals surface area contributed by atoms with Crippen LogP contribution in [0.25, 0.3) is 5.70 Å². The molecule has 5 rings (SSSR count). The molecule has 1 aliphatic carbocycles. The first-order valence-corrected chi connectivity index (χ1v) is 14.0.